The van der Waals surface area contributed by atoms with Crippen molar-refractivity contribution in [2.75, 3.05) is 13.1 Å². The van der Waals surface area contributed by atoms with E-state index in [9.17, 15) is 4.79 Å². The lowest BCUT2D eigenvalue weighted by Gasteiger charge is -2.15. The SMILES string of the molecule is NSc1cccc(C(=O)N2CCCC2)c1. The van der Waals surface area contributed by atoms with Crippen LogP contribution in [0.3, 0.4) is 0 Å². The van der Waals surface area contributed by atoms with Gasteiger partial charge in [0.05, 0.1) is 0 Å². The van der Waals surface area contributed by atoms with Crippen molar-refractivity contribution in [2.24, 2.45) is 5.14 Å². The summed E-state index contributed by atoms with van der Waals surface area (Å²) < 4.78 is 0. The van der Waals surface area contributed by atoms with E-state index in [0.717, 1.165) is 36.4 Å². The molecule has 1 aromatic carbocycles. The maximum absolute atomic E-state index is 12.0. The fourth-order valence-corrected chi connectivity index (χ4v) is 2.16. The first-order valence-corrected chi connectivity index (χ1v) is 5.95. The zero-order valence-corrected chi connectivity index (χ0v) is 9.30. The first-order valence-electron chi connectivity index (χ1n) is 5.07. The molecule has 4 heteroatoms. The van der Waals surface area contributed by atoms with Gasteiger partial charge in [0.25, 0.3) is 5.91 Å². The number of amides is 1. The Morgan fingerprint density at radius 1 is 1.33 bits per heavy atom. The van der Waals surface area contributed by atoms with Crippen molar-refractivity contribution >= 4 is 17.9 Å². The number of hydrogen-bond acceptors (Lipinski definition) is 3. The molecule has 0 spiro atoms. The maximum Gasteiger partial charge on any atom is 0.253 e. The minimum Gasteiger partial charge on any atom is -0.339 e. The van der Waals surface area contributed by atoms with Crippen molar-refractivity contribution in [3.05, 3.63) is 29.8 Å². The molecule has 1 aliphatic heterocycles. The van der Waals surface area contributed by atoms with Gasteiger partial charge in [0.2, 0.25) is 0 Å². The van der Waals surface area contributed by atoms with Crippen LogP contribution in [0.4, 0.5) is 0 Å². The first-order chi connectivity index (χ1) is 7.31. The molecule has 1 aliphatic rings. The summed E-state index contributed by atoms with van der Waals surface area (Å²) in [5.41, 5.74) is 0.743. The zero-order valence-electron chi connectivity index (χ0n) is 8.48. The van der Waals surface area contributed by atoms with Gasteiger partial charge in [-0.2, -0.15) is 0 Å². The van der Waals surface area contributed by atoms with E-state index in [1.165, 1.54) is 11.9 Å². The Labute approximate surface area is 93.8 Å². The van der Waals surface area contributed by atoms with Crippen molar-refractivity contribution < 1.29 is 4.79 Å². The van der Waals surface area contributed by atoms with Gasteiger partial charge in [-0.25, -0.2) is 0 Å². The Morgan fingerprint density at radius 2 is 2.07 bits per heavy atom. The van der Waals surface area contributed by atoms with Crippen molar-refractivity contribution in [1.82, 2.24) is 4.90 Å². The second-order valence-corrected chi connectivity index (χ2v) is 4.35. The van der Waals surface area contributed by atoms with Gasteiger partial charge >= 0.3 is 0 Å². The van der Waals surface area contributed by atoms with Crippen LogP contribution in [-0.4, -0.2) is 23.9 Å². The van der Waals surface area contributed by atoms with Gasteiger partial charge in [0.1, 0.15) is 0 Å². The molecule has 0 saturated carbocycles. The molecule has 2 rings (SSSR count). The fraction of sp³-hybridized carbons (Fsp3) is 0.364. The Balaban J connectivity index is 2.17. The number of carbonyl (C=O) groups is 1. The molecule has 80 valence electrons. The lowest BCUT2D eigenvalue weighted by molar-refractivity contribution is 0.0792. The van der Waals surface area contributed by atoms with E-state index >= 15 is 0 Å². The van der Waals surface area contributed by atoms with E-state index in [2.05, 4.69) is 0 Å². The molecule has 1 aromatic rings. The second kappa shape index (κ2) is 4.68. The van der Waals surface area contributed by atoms with E-state index in [4.69, 9.17) is 5.14 Å². The number of rotatable bonds is 2. The summed E-state index contributed by atoms with van der Waals surface area (Å²) in [6.45, 7) is 1.78. The van der Waals surface area contributed by atoms with Crippen LogP contribution in [0.15, 0.2) is 29.2 Å². The van der Waals surface area contributed by atoms with E-state index in [-0.39, 0.29) is 5.91 Å². The van der Waals surface area contributed by atoms with Gasteiger partial charge in [0, 0.05) is 23.5 Å². The molecule has 1 saturated heterocycles. The molecular weight excluding hydrogens is 208 g/mol. The first kappa shape index (κ1) is 10.5. The number of nitrogens with two attached hydrogens (primary N) is 1. The fourth-order valence-electron chi connectivity index (χ4n) is 1.81. The van der Waals surface area contributed by atoms with Gasteiger partial charge in [-0.15, -0.1) is 0 Å². The predicted molar refractivity (Wildman–Crippen MR) is 61.6 cm³/mol. The molecule has 1 heterocycles. The highest BCUT2D eigenvalue weighted by Crippen LogP contribution is 2.17. The number of carbonyl (C=O) groups excluding carboxylic acids is 1. The third-order valence-corrected chi connectivity index (χ3v) is 3.14. The van der Waals surface area contributed by atoms with Crippen molar-refractivity contribution in [3.8, 4) is 0 Å². The van der Waals surface area contributed by atoms with E-state index in [1.807, 2.05) is 29.2 Å². The smallest absolute Gasteiger partial charge is 0.253 e. The third kappa shape index (κ3) is 2.33. The number of nitrogens with zero attached hydrogens (tertiary/aromatic N) is 1. The molecule has 2 N–H and O–H groups in total. The van der Waals surface area contributed by atoms with Crippen molar-refractivity contribution in [2.45, 2.75) is 17.7 Å². The molecule has 1 amide bonds. The topological polar surface area (TPSA) is 46.3 Å². The molecule has 0 aromatic heterocycles. The highest BCUT2D eigenvalue weighted by molar-refractivity contribution is 7.97. The third-order valence-electron chi connectivity index (χ3n) is 2.61. The Kier molecular flexibility index (Phi) is 3.28. The van der Waals surface area contributed by atoms with Crippen LogP contribution >= 0.6 is 11.9 Å². The molecule has 0 radical (unpaired) electrons. The number of benzene rings is 1. The van der Waals surface area contributed by atoms with Gasteiger partial charge in [-0.1, -0.05) is 6.07 Å². The lowest BCUT2D eigenvalue weighted by Crippen LogP contribution is -2.27. The highest BCUT2D eigenvalue weighted by atomic mass is 32.2. The van der Waals surface area contributed by atoms with Crippen LogP contribution in [0.25, 0.3) is 0 Å². The Bertz CT molecular complexity index is 361. The van der Waals surface area contributed by atoms with Crippen LogP contribution in [0.1, 0.15) is 23.2 Å². The van der Waals surface area contributed by atoms with Crippen molar-refractivity contribution in [3.63, 3.8) is 0 Å². The monoisotopic (exact) mass is 222 g/mol. The van der Waals surface area contributed by atoms with Crippen LogP contribution in [0, 0.1) is 0 Å². The second-order valence-electron chi connectivity index (χ2n) is 3.64. The average Bonchev–Trinajstić information content (AvgIpc) is 2.81. The standard InChI is InChI=1S/C11H14N2OS/c12-15-10-5-3-4-9(8-10)11(14)13-6-1-2-7-13/h3-5,8H,1-2,6-7,12H2. The number of likely N-dealkylation sites (tertiary alicyclic amines) is 1. The summed E-state index contributed by atoms with van der Waals surface area (Å²) in [5, 5.41) is 5.46. The highest BCUT2D eigenvalue weighted by Gasteiger charge is 2.19. The molecule has 0 aliphatic carbocycles. The molecule has 0 bridgehead atoms. The van der Waals surface area contributed by atoms with Crippen LogP contribution < -0.4 is 5.14 Å². The average molecular weight is 222 g/mol. The normalized spacial score (nSPS) is 15.7. The summed E-state index contributed by atoms with van der Waals surface area (Å²) in [7, 11) is 0. The molecule has 1 fully saturated rings. The quantitative estimate of drug-likeness (QED) is 0.777. The van der Waals surface area contributed by atoms with Crippen LogP contribution in [0.5, 0.6) is 0 Å². The van der Waals surface area contributed by atoms with Crippen LogP contribution in [-0.2, 0) is 0 Å². The predicted octanol–water partition coefficient (Wildman–Crippen LogP) is 1.89. The number of hydrogen-bond donors (Lipinski definition) is 1. The summed E-state index contributed by atoms with van der Waals surface area (Å²) in [4.78, 5) is 14.8. The molecule has 3 nitrogen and oxygen atoms in total. The van der Waals surface area contributed by atoms with Crippen LogP contribution in [0.2, 0.25) is 0 Å². The minimum atomic E-state index is 0.128. The van der Waals surface area contributed by atoms with Gasteiger partial charge in [-0.3, -0.25) is 9.93 Å². The summed E-state index contributed by atoms with van der Waals surface area (Å²) in [5.74, 6) is 0.128. The van der Waals surface area contributed by atoms with Gasteiger partial charge in [0.15, 0.2) is 0 Å². The lowest BCUT2D eigenvalue weighted by atomic mass is 10.2. The Morgan fingerprint density at radius 3 is 2.73 bits per heavy atom. The zero-order chi connectivity index (χ0) is 10.7. The minimum absolute atomic E-state index is 0.128. The largest absolute Gasteiger partial charge is 0.339 e. The van der Waals surface area contributed by atoms with Crippen molar-refractivity contribution in [1.29, 1.82) is 0 Å². The van der Waals surface area contributed by atoms with Gasteiger partial charge in [-0.05, 0) is 43.0 Å². The van der Waals surface area contributed by atoms with E-state index in [1.54, 1.807) is 0 Å². The van der Waals surface area contributed by atoms with Gasteiger partial charge < -0.3 is 4.90 Å². The maximum atomic E-state index is 12.0. The van der Waals surface area contributed by atoms with E-state index in [0.29, 0.717) is 0 Å². The molecule has 0 unspecified atom stereocenters. The summed E-state index contributed by atoms with van der Waals surface area (Å²) >= 11 is 1.17. The molecular formula is C11H14N2OS. The Hall–Kier alpha value is -1.00. The summed E-state index contributed by atoms with van der Waals surface area (Å²) in [6.07, 6.45) is 2.24. The summed E-state index contributed by atoms with van der Waals surface area (Å²) in [6, 6.07) is 7.48. The van der Waals surface area contributed by atoms with E-state index < -0.39 is 0 Å². The molecule has 0 atom stereocenters. The molecule has 15 heavy (non-hydrogen) atoms.